The molecule has 11 heteroatoms. The first-order chi connectivity index (χ1) is 14.8. The van der Waals surface area contributed by atoms with Crippen molar-refractivity contribution in [2.24, 2.45) is 0 Å². The minimum atomic E-state index is -3.83. The molecule has 1 saturated heterocycles. The first kappa shape index (κ1) is 21.8. The van der Waals surface area contributed by atoms with Crippen molar-refractivity contribution in [3.05, 3.63) is 47.2 Å². The Labute approximate surface area is 187 Å². The van der Waals surface area contributed by atoms with Gasteiger partial charge in [-0.15, -0.1) is 0 Å². The predicted octanol–water partition coefficient (Wildman–Crippen LogP) is 3.22. The maximum atomic E-state index is 13.0. The molecule has 1 amide bonds. The Bertz CT molecular complexity index is 1220. The number of anilines is 1. The summed E-state index contributed by atoms with van der Waals surface area (Å²) in [5.74, 6) is -1.01. The first-order valence-corrected chi connectivity index (χ1v) is 12.3. The number of sulfone groups is 1. The zero-order valence-corrected chi connectivity index (χ0v) is 18.9. The van der Waals surface area contributed by atoms with E-state index in [1.165, 1.54) is 28.4 Å². The van der Waals surface area contributed by atoms with Crippen LogP contribution in [-0.4, -0.2) is 63.3 Å². The van der Waals surface area contributed by atoms with Gasteiger partial charge >= 0.3 is 0 Å². The number of aromatic nitrogens is 1. The van der Waals surface area contributed by atoms with Crippen molar-refractivity contribution in [2.45, 2.75) is 4.90 Å². The van der Waals surface area contributed by atoms with E-state index >= 15 is 0 Å². The second-order valence-electron chi connectivity index (χ2n) is 7.00. The Morgan fingerprint density at radius 3 is 2.48 bits per heavy atom. The van der Waals surface area contributed by atoms with Gasteiger partial charge < -0.3 is 14.5 Å². The molecule has 4 rings (SSSR count). The maximum Gasteiger partial charge on any atom is 0.238 e. The predicted molar refractivity (Wildman–Crippen MR) is 118 cm³/mol. The highest BCUT2D eigenvalue weighted by Gasteiger charge is 2.28. The van der Waals surface area contributed by atoms with Crippen LogP contribution in [0, 0.1) is 5.82 Å². The quantitative estimate of drug-likeness (QED) is 0.518. The molecular formula is C20H19ClFN3O4S2. The number of carbonyl (C=O) groups is 1. The molecule has 0 bridgehead atoms. The van der Waals surface area contributed by atoms with Crippen molar-refractivity contribution in [1.29, 1.82) is 0 Å². The number of piperazine rings is 1. The third kappa shape index (κ3) is 4.46. The maximum absolute atomic E-state index is 13.0. The number of hydrogen-bond acceptors (Lipinski definition) is 7. The molecule has 164 valence electrons. The van der Waals surface area contributed by atoms with Gasteiger partial charge in [0.15, 0.2) is 15.0 Å². The van der Waals surface area contributed by atoms with Gasteiger partial charge in [-0.1, -0.05) is 22.9 Å². The van der Waals surface area contributed by atoms with E-state index in [0.29, 0.717) is 42.5 Å². The third-order valence-corrected chi connectivity index (χ3v) is 8.25. The zero-order chi connectivity index (χ0) is 22.2. The average Bonchev–Trinajstić information content (AvgIpc) is 3.21. The first-order valence-electron chi connectivity index (χ1n) is 9.42. The Balaban J connectivity index is 1.43. The lowest BCUT2D eigenvalue weighted by atomic mass is 10.3. The highest BCUT2D eigenvalue weighted by atomic mass is 35.5. The monoisotopic (exact) mass is 483 g/mol. The third-order valence-electron chi connectivity index (χ3n) is 5.06. The van der Waals surface area contributed by atoms with Crippen LogP contribution in [0.25, 0.3) is 10.2 Å². The number of thiazole rings is 1. The molecule has 2 heterocycles. The normalized spacial score (nSPS) is 14.8. The highest BCUT2D eigenvalue weighted by Crippen LogP contribution is 2.38. The van der Waals surface area contributed by atoms with Gasteiger partial charge in [-0.2, -0.15) is 0 Å². The van der Waals surface area contributed by atoms with Crippen molar-refractivity contribution in [3.63, 3.8) is 0 Å². The van der Waals surface area contributed by atoms with Gasteiger partial charge in [0, 0.05) is 26.2 Å². The van der Waals surface area contributed by atoms with Crippen LogP contribution in [0.15, 0.2) is 41.3 Å². The number of fused-ring (bicyclic) bond motifs is 1. The van der Waals surface area contributed by atoms with Gasteiger partial charge in [-0.3, -0.25) is 4.79 Å². The number of methoxy groups -OCH3 is 1. The van der Waals surface area contributed by atoms with Crippen molar-refractivity contribution in [2.75, 3.05) is 43.9 Å². The summed E-state index contributed by atoms with van der Waals surface area (Å²) in [6.07, 6.45) is 0. The van der Waals surface area contributed by atoms with Gasteiger partial charge in [0.1, 0.15) is 22.8 Å². The van der Waals surface area contributed by atoms with Gasteiger partial charge in [0.05, 0.1) is 21.7 Å². The lowest BCUT2D eigenvalue weighted by molar-refractivity contribution is -0.128. The summed E-state index contributed by atoms with van der Waals surface area (Å²) in [4.78, 5) is 20.7. The summed E-state index contributed by atoms with van der Waals surface area (Å²) in [5.41, 5.74) is 0.693. The molecule has 0 spiro atoms. The standard InChI is InChI=1S/C20H19ClFN3O4S2/c1-29-16-7-6-15(21)19-18(16)23-20(30-19)25-10-8-24(9-11-25)17(26)12-31(27,28)14-4-2-13(22)3-5-14/h2-7H,8-12H2,1H3. The second-order valence-corrected chi connectivity index (χ2v) is 10.4. The fourth-order valence-corrected chi connectivity index (χ4v) is 5.90. The van der Waals surface area contributed by atoms with Gasteiger partial charge in [0.25, 0.3) is 0 Å². The summed E-state index contributed by atoms with van der Waals surface area (Å²) in [5, 5.41) is 1.37. The average molecular weight is 484 g/mol. The van der Waals surface area contributed by atoms with E-state index in [4.69, 9.17) is 16.3 Å². The Kier molecular flexibility index (Phi) is 6.05. The van der Waals surface area contributed by atoms with E-state index in [9.17, 15) is 17.6 Å². The van der Waals surface area contributed by atoms with Crippen molar-refractivity contribution >= 4 is 54.0 Å². The SMILES string of the molecule is COc1ccc(Cl)c2sc(N3CCN(C(=O)CS(=O)(=O)c4ccc(F)cc4)CC3)nc12. The number of hydrogen-bond donors (Lipinski definition) is 0. The topological polar surface area (TPSA) is 79.8 Å². The summed E-state index contributed by atoms with van der Waals surface area (Å²) in [6, 6.07) is 8.00. The molecule has 0 unspecified atom stereocenters. The van der Waals surface area contributed by atoms with Crippen LogP contribution in [0.2, 0.25) is 5.02 Å². The lowest BCUT2D eigenvalue weighted by Crippen LogP contribution is -2.50. The molecule has 0 atom stereocenters. The summed E-state index contributed by atoms with van der Waals surface area (Å²) in [7, 11) is -2.26. The van der Waals surface area contributed by atoms with Crippen LogP contribution >= 0.6 is 22.9 Å². The molecule has 31 heavy (non-hydrogen) atoms. The Morgan fingerprint density at radius 2 is 1.84 bits per heavy atom. The minimum absolute atomic E-state index is 0.0683. The van der Waals surface area contributed by atoms with E-state index in [0.717, 1.165) is 22.0 Å². The van der Waals surface area contributed by atoms with Crippen molar-refractivity contribution < 1.29 is 22.3 Å². The summed E-state index contributed by atoms with van der Waals surface area (Å²) < 4.78 is 44.2. The van der Waals surface area contributed by atoms with Crippen molar-refractivity contribution in [1.82, 2.24) is 9.88 Å². The van der Waals surface area contributed by atoms with Gasteiger partial charge in [-0.05, 0) is 36.4 Å². The van der Waals surface area contributed by atoms with Crippen LogP contribution < -0.4 is 9.64 Å². The molecule has 2 aromatic carbocycles. The molecule has 3 aromatic rings. The number of rotatable bonds is 5. The number of benzene rings is 2. The molecular weight excluding hydrogens is 465 g/mol. The number of ether oxygens (including phenoxy) is 1. The van der Waals surface area contributed by atoms with Crippen LogP contribution in [-0.2, 0) is 14.6 Å². The van der Waals surface area contributed by atoms with E-state index in [2.05, 4.69) is 4.98 Å². The van der Waals surface area contributed by atoms with E-state index in [1.807, 2.05) is 4.90 Å². The molecule has 0 aliphatic carbocycles. The van der Waals surface area contributed by atoms with Crippen LogP contribution in [0.1, 0.15) is 0 Å². The van der Waals surface area contributed by atoms with Crippen molar-refractivity contribution in [3.8, 4) is 5.75 Å². The van der Waals surface area contributed by atoms with Crippen LogP contribution in [0.5, 0.6) is 5.75 Å². The molecule has 1 fully saturated rings. The Hall–Kier alpha value is -2.43. The fraction of sp³-hybridized carbons (Fsp3) is 0.300. The van der Waals surface area contributed by atoms with Gasteiger partial charge in [-0.25, -0.2) is 17.8 Å². The van der Waals surface area contributed by atoms with Crippen LogP contribution in [0.3, 0.4) is 0 Å². The second kappa shape index (κ2) is 8.60. The summed E-state index contributed by atoms with van der Waals surface area (Å²) >= 11 is 7.74. The number of carbonyl (C=O) groups excluding carboxylic acids is 1. The molecule has 1 aliphatic rings. The van der Waals surface area contributed by atoms with E-state index < -0.39 is 27.3 Å². The highest BCUT2D eigenvalue weighted by molar-refractivity contribution is 7.92. The molecule has 1 aromatic heterocycles. The molecule has 0 N–H and O–H groups in total. The van der Waals surface area contributed by atoms with Crippen LogP contribution in [0.4, 0.5) is 9.52 Å². The number of halogens is 2. The minimum Gasteiger partial charge on any atom is -0.494 e. The number of nitrogens with zero attached hydrogens (tertiary/aromatic N) is 3. The molecule has 0 saturated carbocycles. The number of amides is 1. The van der Waals surface area contributed by atoms with E-state index in [-0.39, 0.29) is 4.90 Å². The lowest BCUT2D eigenvalue weighted by Gasteiger charge is -2.34. The zero-order valence-electron chi connectivity index (χ0n) is 16.5. The van der Waals surface area contributed by atoms with E-state index in [1.54, 1.807) is 19.2 Å². The van der Waals surface area contributed by atoms with Gasteiger partial charge in [0.2, 0.25) is 5.91 Å². The molecule has 7 nitrogen and oxygen atoms in total. The largest absolute Gasteiger partial charge is 0.494 e. The Morgan fingerprint density at radius 1 is 1.16 bits per heavy atom. The summed E-state index contributed by atoms with van der Waals surface area (Å²) in [6.45, 7) is 1.78. The smallest absolute Gasteiger partial charge is 0.238 e. The molecule has 0 radical (unpaired) electrons. The molecule has 1 aliphatic heterocycles. The fourth-order valence-electron chi connectivity index (χ4n) is 3.37.